The summed E-state index contributed by atoms with van der Waals surface area (Å²) in [6, 6.07) is 13.1. The van der Waals surface area contributed by atoms with Gasteiger partial charge in [0.1, 0.15) is 5.69 Å². The first-order valence-electron chi connectivity index (χ1n) is 10.3. The molecule has 9 nitrogen and oxygen atoms in total. The number of hydrogen-bond donors (Lipinski definition) is 3. The molecule has 32 heavy (non-hydrogen) atoms. The summed E-state index contributed by atoms with van der Waals surface area (Å²) >= 11 is 0. The highest BCUT2D eigenvalue weighted by atomic mass is 32.2. The predicted octanol–water partition coefficient (Wildman–Crippen LogP) is 3.53. The molecule has 0 saturated carbocycles. The highest BCUT2D eigenvalue weighted by Crippen LogP contribution is 2.35. The lowest BCUT2D eigenvalue weighted by molar-refractivity contribution is 0.133. The summed E-state index contributed by atoms with van der Waals surface area (Å²) in [5, 5.41) is 23.2. The van der Waals surface area contributed by atoms with Gasteiger partial charge in [-0.15, -0.1) is 10.2 Å². The smallest absolute Gasteiger partial charge is 0.407 e. The predicted molar refractivity (Wildman–Crippen MR) is 124 cm³/mol. The lowest BCUT2D eigenvalue weighted by Crippen LogP contribution is -2.44. The number of carbonyl (C=O) groups is 1. The van der Waals surface area contributed by atoms with Crippen LogP contribution in [0.2, 0.25) is 0 Å². The SMILES string of the molecule is Cc1ccc(-c2nnc(N[C@@H]3CCCN(C(=O)O)C3)c3ccccc23)c(NS(C)(=O)=O)c1. The van der Waals surface area contributed by atoms with E-state index in [1.165, 1.54) is 4.90 Å². The Bertz CT molecular complexity index is 1280. The first-order chi connectivity index (χ1) is 15.2. The van der Waals surface area contributed by atoms with Crippen LogP contribution in [0, 0.1) is 6.92 Å². The number of nitrogens with one attached hydrogen (secondary N) is 2. The molecule has 0 spiro atoms. The number of carboxylic acid groups (broad SMARTS) is 1. The number of hydrogen-bond acceptors (Lipinski definition) is 6. The molecule has 168 valence electrons. The van der Waals surface area contributed by atoms with Crippen LogP contribution in [0.1, 0.15) is 18.4 Å². The number of fused-ring (bicyclic) bond motifs is 1. The molecule has 4 rings (SSSR count). The maximum Gasteiger partial charge on any atom is 0.407 e. The Hall–Kier alpha value is -3.40. The number of anilines is 2. The van der Waals surface area contributed by atoms with Gasteiger partial charge < -0.3 is 15.3 Å². The number of likely N-dealkylation sites (tertiary alicyclic amines) is 1. The number of benzene rings is 2. The molecule has 1 amide bonds. The van der Waals surface area contributed by atoms with Gasteiger partial charge in [-0.1, -0.05) is 36.4 Å². The van der Waals surface area contributed by atoms with E-state index in [1.54, 1.807) is 6.07 Å². The van der Waals surface area contributed by atoms with Gasteiger partial charge in [-0.3, -0.25) is 4.72 Å². The van der Waals surface area contributed by atoms with Crippen LogP contribution in [0.15, 0.2) is 42.5 Å². The Morgan fingerprint density at radius 1 is 1.16 bits per heavy atom. The van der Waals surface area contributed by atoms with Gasteiger partial charge in [-0.2, -0.15) is 0 Å². The molecular weight excluding hydrogens is 430 g/mol. The minimum absolute atomic E-state index is 0.0646. The van der Waals surface area contributed by atoms with Crippen molar-refractivity contribution in [3.05, 3.63) is 48.0 Å². The average molecular weight is 456 g/mol. The third kappa shape index (κ3) is 4.75. The highest BCUT2D eigenvalue weighted by Gasteiger charge is 2.24. The Morgan fingerprint density at radius 2 is 1.91 bits per heavy atom. The molecule has 0 aliphatic carbocycles. The van der Waals surface area contributed by atoms with E-state index >= 15 is 0 Å². The first-order valence-corrected chi connectivity index (χ1v) is 12.2. The Morgan fingerprint density at radius 3 is 2.62 bits per heavy atom. The van der Waals surface area contributed by atoms with E-state index in [0.29, 0.717) is 35.9 Å². The summed E-state index contributed by atoms with van der Waals surface area (Å²) < 4.78 is 26.4. The lowest BCUT2D eigenvalue weighted by atomic mass is 10.0. The average Bonchev–Trinajstić information content (AvgIpc) is 2.74. The van der Waals surface area contributed by atoms with Crippen molar-refractivity contribution in [1.29, 1.82) is 0 Å². The molecule has 1 aliphatic heterocycles. The second-order valence-corrected chi connectivity index (χ2v) is 9.83. The van der Waals surface area contributed by atoms with Crippen LogP contribution in [-0.2, 0) is 10.0 Å². The number of aromatic nitrogens is 2. The number of rotatable bonds is 5. The van der Waals surface area contributed by atoms with Crippen molar-refractivity contribution in [3.63, 3.8) is 0 Å². The Labute approximate surface area is 186 Å². The molecule has 1 aromatic heterocycles. The van der Waals surface area contributed by atoms with Crippen LogP contribution in [0.25, 0.3) is 22.0 Å². The van der Waals surface area contributed by atoms with Gasteiger partial charge in [0.05, 0.1) is 11.9 Å². The highest BCUT2D eigenvalue weighted by molar-refractivity contribution is 7.92. The third-order valence-corrected chi connectivity index (χ3v) is 6.04. The van der Waals surface area contributed by atoms with Crippen molar-refractivity contribution < 1.29 is 18.3 Å². The van der Waals surface area contributed by atoms with Gasteiger partial charge in [0.25, 0.3) is 0 Å². The van der Waals surface area contributed by atoms with Crippen molar-refractivity contribution in [1.82, 2.24) is 15.1 Å². The lowest BCUT2D eigenvalue weighted by Gasteiger charge is -2.31. The van der Waals surface area contributed by atoms with Crippen LogP contribution in [0.3, 0.4) is 0 Å². The first kappa shape index (κ1) is 21.8. The van der Waals surface area contributed by atoms with Crippen molar-refractivity contribution >= 4 is 38.4 Å². The summed E-state index contributed by atoms with van der Waals surface area (Å²) in [5.41, 5.74) is 2.55. The topological polar surface area (TPSA) is 125 Å². The molecule has 10 heteroatoms. The maximum atomic E-state index is 11.9. The third-order valence-electron chi connectivity index (χ3n) is 5.45. The van der Waals surface area contributed by atoms with Crippen molar-refractivity contribution in [3.8, 4) is 11.3 Å². The van der Waals surface area contributed by atoms with Crippen LogP contribution < -0.4 is 10.0 Å². The minimum Gasteiger partial charge on any atom is -0.465 e. The molecule has 1 saturated heterocycles. The largest absolute Gasteiger partial charge is 0.465 e. The number of aryl methyl sites for hydroxylation is 1. The number of nitrogens with zero attached hydrogens (tertiary/aromatic N) is 3. The van der Waals surface area contributed by atoms with E-state index in [9.17, 15) is 18.3 Å². The number of sulfonamides is 1. The molecule has 0 bridgehead atoms. The molecule has 1 fully saturated rings. The molecular formula is C22H25N5O4S. The molecule has 2 aromatic carbocycles. The van der Waals surface area contributed by atoms with Crippen LogP contribution in [0.4, 0.5) is 16.3 Å². The number of amides is 1. The molecule has 2 heterocycles. The van der Waals surface area contributed by atoms with Crippen molar-refractivity contribution in [2.24, 2.45) is 0 Å². The molecule has 3 aromatic rings. The maximum absolute atomic E-state index is 11.9. The molecule has 0 radical (unpaired) electrons. The Balaban J connectivity index is 1.75. The van der Waals surface area contributed by atoms with Gasteiger partial charge in [0.2, 0.25) is 10.0 Å². The van der Waals surface area contributed by atoms with Crippen LogP contribution in [0.5, 0.6) is 0 Å². The molecule has 3 N–H and O–H groups in total. The van der Waals surface area contributed by atoms with E-state index in [1.807, 2.05) is 43.3 Å². The van der Waals surface area contributed by atoms with Crippen molar-refractivity contribution in [2.45, 2.75) is 25.8 Å². The summed E-state index contributed by atoms with van der Waals surface area (Å²) in [4.78, 5) is 12.7. The second kappa shape index (κ2) is 8.62. The summed E-state index contributed by atoms with van der Waals surface area (Å²) in [5.74, 6) is 0.575. The van der Waals surface area contributed by atoms with Gasteiger partial charge in [-0.05, 0) is 31.4 Å². The van der Waals surface area contributed by atoms with E-state index in [-0.39, 0.29) is 6.04 Å². The summed E-state index contributed by atoms with van der Waals surface area (Å²) in [6.07, 6.45) is 1.80. The minimum atomic E-state index is -3.48. The van der Waals surface area contributed by atoms with Gasteiger partial charge in [0, 0.05) is 35.5 Å². The van der Waals surface area contributed by atoms with E-state index in [2.05, 4.69) is 20.2 Å². The molecule has 0 unspecified atom stereocenters. The fourth-order valence-corrected chi connectivity index (χ4v) is 4.59. The second-order valence-electron chi connectivity index (χ2n) is 8.08. The van der Waals surface area contributed by atoms with Gasteiger partial charge in [-0.25, -0.2) is 13.2 Å². The zero-order chi connectivity index (χ0) is 22.9. The molecule has 1 atom stereocenters. The van der Waals surface area contributed by atoms with E-state index < -0.39 is 16.1 Å². The summed E-state index contributed by atoms with van der Waals surface area (Å²) in [7, 11) is -3.48. The monoisotopic (exact) mass is 455 g/mol. The van der Waals surface area contributed by atoms with Crippen molar-refractivity contribution in [2.75, 3.05) is 29.4 Å². The number of piperidine rings is 1. The fourth-order valence-electron chi connectivity index (χ4n) is 4.02. The zero-order valence-electron chi connectivity index (χ0n) is 17.9. The van der Waals surface area contributed by atoms with Crippen LogP contribution >= 0.6 is 0 Å². The standard InChI is InChI=1S/C22H25N5O4S/c1-14-9-10-18(19(12-14)26-32(2,30)31)20-16-7-3-4-8-17(16)21(25-24-20)23-15-6-5-11-27(13-15)22(28)29/h3-4,7-10,12,15,26H,5-6,11,13H2,1-2H3,(H,23,25)(H,28,29)/t15-/m1/s1. The quantitative estimate of drug-likeness (QED) is 0.537. The van der Waals surface area contributed by atoms with E-state index in [0.717, 1.165) is 35.4 Å². The Kier molecular flexibility index (Phi) is 5.88. The molecule has 1 aliphatic rings. The van der Waals surface area contributed by atoms with Gasteiger partial charge in [0.15, 0.2) is 5.82 Å². The van der Waals surface area contributed by atoms with E-state index in [4.69, 9.17) is 0 Å². The normalized spacial score (nSPS) is 16.7. The summed E-state index contributed by atoms with van der Waals surface area (Å²) in [6.45, 7) is 2.80. The van der Waals surface area contributed by atoms with Gasteiger partial charge >= 0.3 is 6.09 Å². The zero-order valence-corrected chi connectivity index (χ0v) is 18.7. The fraction of sp³-hybridized carbons (Fsp3) is 0.318. The van der Waals surface area contributed by atoms with Crippen LogP contribution in [-0.4, -0.2) is 60.1 Å².